The summed E-state index contributed by atoms with van der Waals surface area (Å²) in [5.41, 5.74) is 2.27. The van der Waals surface area contributed by atoms with Gasteiger partial charge in [0.1, 0.15) is 5.75 Å². The van der Waals surface area contributed by atoms with Crippen LogP contribution in [0, 0.1) is 5.92 Å². The van der Waals surface area contributed by atoms with Gasteiger partial charge in [-0.05, 0) is 42.9 Å². The third kappa shape index (κ3) is 3.88. The van der Waals surface area contributed by atoms with E-state index in [-0.39, 0.29) is 17.7 Å². The van der Waals surface area contributed by atoms with E-state index in [0.29, 0.717) is 25.5 Å². The van der Waals surface area contributed by atoms with E-state index < -0.39 is 0 Å². The molecule has 0 bridgehead atoms. The third-order valence-electron chi connectivity index (χ3n) is 5.54. The molecular formula is C21H26N4O3. The Labute approximate surface area is 164 Å². The van der Waals surface area contributed by atoms with Crippen molar-refractivity contribution in [3.05, 3.63) is 47.5 Å². The number of carbonyl (C=O) groups is 2. The van der Waals surface area contributed by atoms with E-state index in [1.807, 2.05) is 19.2 Å². The van der Waals surface area contributed by atoms with Crippen molar-refractivity contribution in [3.63, 3.8) is 0 Å². The minimum atomic E-state index is -0.193. The maximum atomic E-state index is 12.7. The van der Waals surface area contributed by atoms with Crippen molar-refractivity contribution in [2.45, 2.75) is 32.2 Å². The van der Waals surface area contributed by atoms with Crippen molar-refractivity contribution in [3.8, 4) is 5.75 Å². The van der Waals surface area contributed by atoms with Crippen molar-refractivity contribution >= 4 is 11.8 Å². The second kappa shape index (κ2) is 8.04. The van der Waals surface area contributed by atoms with E-state index in [1.54, 1.807) is 21.9 Å². The van der Waals surface area contributed by atoms with E-state index in [1.165, 1.54) is 5.56 Å². The molecule has 2 aliphatic rings. The number of Topliss-reactive ketones (excluding diaryl/α,β-unsaturated/α-hetero) is 1. The second-order valence-electron chi connectivity index (χ2n) is 7.56. The number of benzene rings is 1. The highest BCUT2D eigenvalue weighted by Crippen LogP contribution is 2.25. The SMILES string of the molecule is Cn1ccnc1C(=O)[C@@H]1CCCN(C(=O)NCc2ccc3c(c2)CCCO3)C1. The molecule has 4 rings (SSSR count). The molecule has 0 aliphatic carbocycles. The molecule has 2 aliphatic heterocycles. The van der Waals surface area contributed by atoms with E-state index in [4.69, 9.17) is 4.74 Å². The van der Waals surface area contributed by atoms with Crippen LogP contribution >= 0.6 is 0 Å². The summed E-state index contributed by atoms with van der Waals surface area (Å²) in [6.45, 7) is 2.36. The molecule has 3 heterocycles. The zero-order valence-corrected chi connectivity index (χ0v) is 16.2. The minimum absolute atomic E-state index is 0.0136. The first kappa shape index (κ1) is 18.5. The van der Waals surface area contributed by atoms with Gasteiger partial charge >= 0.3 is 6.03 Å². The molecule has 0 spiro atoms. The highest BCUT2D eigenvalue weighted by atomic mass is 16.5. The molecule has 1 aromatic carbocycles. The fraction of sp³-hybridized carbons (Fsp3) is 0.476. The molecule has 1 saturated heterocycles. The fourth-order valence-corrected chi connectivity index (χ4v) is 3.97. The summed E-state index contributed by atoms with van der Waals surface area (Å²) < 4.78 is 7.38. The summed E-state index contributed by atoms with van der Waals surface area (Å²) in [5, 5.41) is 3.00. The van der Waals surface area contributed by atoms with Crippen LogP contribution < -0.4 is 10.1 Å². The van der Waals surface area contributed by atoms with E-state index in [9.17, 15) is 9.59 Å². The van der Waals surface area contributed by atoms with Gasteiger partial charge in [-0.3, -0.25) is 4.79 Å². The zero-order chi connectivity index (χ0) is 19.5. The number of aryl methyl sites for hydroxylation is 2. The number of fused-ring (bicyclic) bond motifs is 1. The number of ether oxygens (including phenoxy) is 1. The van der Waals surface area contributed by atoms with Crippen LogP contribution in [0.2, 0.25) is 0 Å². The normalized spacial score (nSPS) is 18.9. The first-order valence-electron chi connectivity index (χ1n) is 9.91. The Morgan fingerprint density at radius 1 is 1.32 bits per heavy atom. The van der Waals surface area contributed by atoms with Crippen LogP contribution in [0.25, 0.3) is 0 Å². The average molecular weight is 382 g/mol. The van der Waals surface area contributed by atoms with Gasteiger partial charge in [0.25, 0.3) is 0 Å². The number of likely N-dealkylation sites (tertiary alicyclic amines) is 1. The summed E-state index contributed by atoms with van der Waals surface area (Å²) in [5.74, 6) is 1.23. The van der Waals surface area contributed by atoms with Crippen LogP contribution in [0.4, 0.5) is 4.79 Å². The predicted octanol–water partition coefficient (Wildman–Crippen LogP) is 2.55. The van der Waals surface area contributed by atoms with E-state index >= 15 is 0 Å². The number of ketones is 1. The molecule has 1 N–H and O–H groups in total. The lowest BCUT2D eigenvalue weighted by molar-refractivity contribution is 0.0831. The number of nitrogens with one attached hydrogen (secondary N) is 1. The van der Waals surface area contributed by atoms with Crippen LogP contribution in [0.1, 0.15) is 41.0 Å². The number of nitrogens with zero attached hydrogens (tertiary/aromatic N) is 3. The topological polar surface area (TPSA) is 76.5 Å². The molecule has 1 atom stereocenters. The molecule has 1 fully saturated rings. The van der Waals surface area contributed by atoms with Gasteiger partial charge in [0, 0.05) is 45.0 Å². The number of hydrogen-bond acceptors (Lipinski definition) is 4. The number of piperidine rings is 1. The third-order valence-corrected chi connectivity index (χ3v) is 5.54. The molecule has 0 saturated carbocycles. The number of rotatable bonds is 4. The van der Waals surface area contributed by atoms with Gasteiger partial charge in [-0.1, -0.05) is 12.1 Å². The summed E-state index contributed by atoms with van der Waals surface area (Å²) in [7, 11) is 1.82. The quantitative estimate of drug-likeness (QED) is 0.825. The molecule has 148 valence electrons. The minimum Gasteiger partial charge on any atom is -0.493 e. The molecule has 1 aromatic heterocycles. The van der Waals surface area contributed by atoms with E-state index in [2.05, 4.69) is 16.4 Å². The van der Waals surface area contributed by atoms with Gasteiger partial charge in [-0.2, -0.15) is 0 Å². The van der Waals surface area contributed by atoms with Crippen LogP contribution in [0.15, 0.2) is 30.6 Å². The van der Waals surface area contributed by atoms with Crippen molar-refractivity contribution in [2.75, 3.05) is 19.7 Å². The number of imidazole rings is 1. The lowest BCUT2D eigenvalue weighted by Gasteiger charge is -2.32. The predicted molar refractivity (Wildman–Crippen MR) is 104 cm³/mol. The summed E-state index contributed by atoms with van der Waals surface area (Å²) in [4.78, 5) is 31.3. The summed E-state index contributed by atoms with van der Waals surface area (Å²) in [6, 6.07) is 5.97. The van der Waals surface area contributed by atoms with Gasteiger partial charge < -0.3 is 19.5 Å². The van der Waals surface area contributed by atoms with Gasteiger partial charge in [0.05, 0.1) is 6.61 Å². The number of hydrogen-bond donors (Lipinski definition) is 1. The standard InChI is InChI=1S/C21H26N4O3/c1-24-10-8-22-20(24)19(26)17-4-2-9-25(14-17)21(27)23-13-15-6-7-18-16(12-15)5-3-11-28-18/h6-8,10,12,17H,2-5,9,11,13-14H2,1H3,(H,23,27)/t17-/m1/s1. The Morgan fingerprint density at radius 3 is 3.04 bits per heavy atom. The van der Waals surface area contributed by atoms with Gasteiger partial charge in [-0.15, -0.1) is 0 Å². The highest BCUT2D eigenvalue weighted by molar-refractivity contribution is 5.95. The second-order valence-corrected chi connectivity index (χ2v) is 7.56. The lowest BCUT2D eigenvalue weighted by Crippen LogP contribution is -2.47. The Balaban J connectivity index is 1.34. The van der Waals surface area contributed by atoms with Gasteiger partial charge in [0.2, 0.25) is 5.78 Å². The summed E-state index contributed by atoms with van der Waals surface area (Å²) >= 11 is 0. The van der Waals surface area contributed by atoms with Crippen LogP contribution in [0.3, 0.4) is 0 Å². The summed E-state index contributed by atoms with van der Waals surface area (Å²) in [6.07, 6.45) is 7.06. The van der Waals surface area contributed by atoms with Crippen molar-refractivity contribution in [1.82, 2.24) is 19.8 Å². The molecule has 0 unspecified atom stereocenters. The van der Waals surface area contributed by atoms with Gasteiger partial charge in [0.15, 0.2) is 5.82 Å². The molecule has 7 heteroatoms. The number of amides is 2. The molecule has 28 heavy (non-hydrogen) atoms. The first-order chi connectivity index (χ1) is 13.6. The Hall–Kier alpha value is -2.83. The Kier molecular flexibility index (Phi) is 5.32. The van der Waals surface area contributed by atoms with Crippen LogP contribution in [-0.2, 0) is 20.0 Å². The zero-order valence-electron chi connectivity index (χ0n) is 16.2. The molecule has 7 nitrogen and oxygen atoms in total. The van der Waals surface area contributed by atoms with Gasteiger partial charge in [-0.25, -0.2) is 9.78 Å². The van der Waals surface area contributed by atoms with Crippen LogP contribution in [-0.4, -0.2) is 46.0 Å². The molecular weight excluding hydrogens is 356 g/mol. The highest BCUT2D eigenvalue weighted by Gasteiger charge is 2.30. The average Bonchev–Trinajstić information content (AvgIpc) is 3.17. The number of carbonyl (C=O) groups excluding carboxylic acids is 2. The maximum Gasteiger partial charge on any atom is 0.317 e. The molecule has 0 radical (unpaired) electrons. The van der Waals surface area contributed by atoms with Crippen molar-refractivity contribution < 1.29 is 14.3 Å². The number of urea groups is 1. The van der Waals surface area contributed by atoms with Crippen molar-refractivity contribution in [1.29, 1.82) is 0 Å². The lowest BCUT2D eigenvalue weighted by atomic mass is 9.93. The Morgan fingerprint density at radius 2 is 2.21 bits per heavy atom. The van der Waals surface area contributed by atoms with E-state index in [0.717, 1.165) is 43.6 Å². The molecule has 2 amide bonds. The van der Waals surface area contributed by atoms with Crippen LogP contribution in [0.5, 0.6) is 5.75 Å². The maximum absolute atomic E-state index is 12.7. The Bertz CT molecular complexity index is 876. The molecule has 2 aromatic rings. The van der Waals surface area contributed by atoms with Crippen molar-refractivity contribution in [2.24, 2.45) is 13.0 Å². The largest absolute Gasteiger partial charge is 0.493 e. The first-order valence-corrected chi connectivity index (χ1v) is 9.91. The smallest absolute Gasteiger partial charge is 0.317 e. The number of aromatic nitrogens is 2. The fourth-order valence-electron chi connectivity index (χ4n) is 3.97. The monoisotopic (exact) mass is 382 g/mol.